The van der Waals surface area contributed by atoms with E-state index >= 15 is 0 Å². The normalized spacial score (nSPS) is 15.4. The molecule has 1 fully saturated rings. The molecule has 0 atom stereocenters. The summed E-state index contributed by atoms with van der Waals surface area (Å²) in [5, 5.41) is 2.57. The molecule has 8 heteroatoms. The van der Waals surface area contributed by atoms with E-state index in [1.807, 2.05) is 6.92 Å². The van der Waals surface area contributed by atoms with Gasteiger partial charge in [-0.3, -0.25) is 19.8 Å². The minimum absolute atomic E-state index is 0.0269. The van der Waals surface area contributed by atoms with E-state index in [9.17, 15) is 9.59 Å². The van der Waals surface area contributed by atoms with Crippen molar-refractivity contribution in [2.75, 3.05) is 19.8 Å². The number of ether oxygens (including phenoxy) is 2. The van der Waals surface area contributed by atoms with Gasteiger partial charge in [0.25, 0.3) is 11.8 Å². The molecule has 1 aliphatic heterocycles. The summed E-state index contributed by atoms with van der Waals surface area (Å²) in [6.07, 6.45) is 8.28. The van der Waals surface area contributed by atoms with Crippen LogP contribution in [0.25, 0.3) is 6.08 Å². The number of hydrogen-bond donors (Lipinski definition) is 1. The van der Waals surface area contributed by atoms with Gasteiger partial charge in [-0.05, 0) is 65.5 Å². The number of nitrogens with one attached hydrogen (secondary N) is 1. The first kappa shape index (κ1) is 20.9. The van der Waals surface area contributed by atoms with Crippen LogP contribution in [0.5, 0.6) is 11.5 Å². The number of rotatable bonds is 7. The smallest absolute Gasteiger partial charge is 0.265 e. The molecule has 27 heavy (non-hydrogen) atoms. The number of carbonyl (C=O) groups excluding carboxylic acids is 2. The molecule has 0 spiro atoms. The highest BCUT2D eigenvalue weighted by Gasteiger charge is 2.32. The van der Waals surface area contributed by atoms with E-state index in [0.29, 0.717) is 23.7 Å². The van der Waals surface area contributed by atoms with Crippen molar-refractivity contribution in [2.24, 2.45) is 0 Å². The summed E-state index contributed by atoms with van der Waals surface area (Å²) in [5.41, 5.74) is 0.585. The number of benzene rings is 1. The zero-order valence-corrected chi connectivity index (χ0v) is 17.6. The summed E-state index contributed by atoms with van der Waals surface area (Å²) in [6, 6.07) is 3.46. The molecule has 1 heterocycles. The van der Waals surface area contributed by atoms with Crippen LogP contribution in [0, 0.1) is 15.9 Å². The van der Waals surface area contributed by atoms with E-state index in [4.69, 9.17) is 28.1 Å². The highest BCUT2D eigenvalue weighted by Crippen LogP contribution is 2.35. The molecular weight excluding hydrogens is 479 g/mol. The minimum Gasteiger partial charge on any atom is -0.490 e. The monoisotopic (exact) mass is 496 g/mol. The molecule has 0 aromatic heterocycles. The van der Waals surface area contributed by atoms with Gasteiger partial charge in [-0.2, -0.15) is 0 Å². The molecule has 0 unspecified atom stereocenters. The molecule has 1 saturated heterocycles. The molecule has 0 radical (unpaired) electrons. The third-order valence-corrected chi connectivity index (χ3v) is 4.56. The van der Waals surface area contributed by atoms with Crippen molar-refractivity contribution in [3.8, 4) is 23.8 Å². The molecule has 2 rings (SSSR count). The van der Waals surface area contributed by atoms with Gasteiger partial charge in [0, 0.05) is 6.54 Å². The van der Waals surface area contributed by atoms with Crippen LogP contribution in [-0.4, -0.2) is 41.6 Å². The van der Waals surface area contributed by atoms with Gasteiger partial charge in [0.15, 0.2) is 16.6 Å². The topological polar surface area (TPSA) is 67.9 Å². The first-order valence-corrected chi connectivity index (χ1v) is 9.44. The van der Waals surface area contributed by atoms with E-state index in [1.54, 1.807) is 12.1 Å². The fourth-order valence-electron chi connectivity index (χ4n) is 2.34. The third kappa shape index (κ3) is 4.87. The fraction of sp³-hybridized carbons (Fsp3) is 0.211. The Bertz CT molecular complexity index is 873. The van der Waals surface area contributed by atoms with Gasteiger partial charge in [0.1, 0.15) is 12.2 Å². The second-order valence-electron chi connectivity index (χ2n) is 5.28. The lowest BCUT2D eigenvalue weighted by atomic mass is 10.1. The van der Waals surface area contributed by atoms with Crippen LogP contribution < -0.4 is 14.8 Å². The van der Waals surface area contributed by atoms with Gasteiger partial charge in [0.05, 0.1) is 10.2 Å². The zero-order valence-electron chi connectivity index (χ0n) is 14.6. The molecule has 1 aromatic rings. The van der Waals surface area contributed by atoms with Crippen LogP contribution >= 0.6 is 34.8 Å². The average molecular weight is 496 g/mol. The Morgan fingerprint density at radius 1 is 1.41 bits per heavy atom. The Balaban J connectivity index is 2.46. The Hall–Kier alpha value is -2.38. The molecule has 1 aliphatic rings. The molecule has 1 aromatic carbocycles. The largest absolute Gasteiger partial charge is 0.490 e. The number of halogens is 1. The zero-order chi connectivity index (χ0) is 20.0. The highest BCUT2D eigenvalue weighted by molar-refractivity contribution is 14.1. The number of nitrogens with zero attached hydrogens (tertiary/aromatic N) is 1. The number of terminal acetylenes is 1. The van der Waals surface area contributed by atoms with Crippen LogP contribution in [-0.2, 0) is 9.59 Å². The molecule has 6 nitrogen and oxygen atoms in total. The van der Waals surface area contributed by atoms with Gasteiger partial charge in [-0.1, -0.05) is 12.0 Å². The average Bonchev–Trinajstić information content (AvgIpc) is 2.62. The highest BCUT2D eigenvalue weighted by atomic mass is 127. The summed E-state index contributed by atoms with van der Waals surface area (Å²) >= 11 is 7.13. The molecule has 0 saturated carbocycles. The Morgan fingerprint density at radius 3 is 2.78 bits per heavy atom. The Morgan fingerprint density at radius 2 is 2.15 bits per heavy atom. The lowest BCUT2D eigenvalue weighted by Crippen LogP contribution is -2.53. The summed E-state index contributed by atoms with van der Waals surface area (Å²) in [4.78, 5) is 26.2. The lowest BCUT2D eigenvalue weighted by molar-refractivity contribution is -0.128. The van der Waals surface area contributed by atoms with Crippen molar-refractivity contribution < 1.29 is 19.1 Å². The SMILES string of the molecule is C#CCOc1c(I)cc(C=C2C(=O)NC(=S)N(CC=C)C2=O)cc1OCC. The number of carbonyl (C=O) groups is 2. The predicted octanol–water partition coefficient (Wildman–Crippen LogP) is 2.51. The molecule has 0 bridgehead atoms. The lowest BCUT2D eigenvalue weighted by Gasteiger charge is -2.27. The van der Waals surface area contributed by atoms with Crippen LogP contribution in [0.2, 0.25) is 0 Å². The van der Waals surface area contributed by atoms with E-state index in [-0.39, 0.29) is 23.8 Å². The van der Waals surface area contributed by atoms with Crippen molar-refractivity contribution in [2.45, 2.75) is 6.92 Å². The number of amides is 2. The van der Waals surface area contributed by atoms with Crippen LogP contribution in [0.3, 0.4) is 0 Å². The molecular formula is C19H17IN2O4S. The van der Waals surface area contributed by atoms with Crippen molar-refractivity contribution in [1.29, 1.82) is 0 Å². The van der Waals surface area contributed by atoms with E-state index < -0.39 is 11.8 Å². The van der Waals surface area contributed by atoms with Crippen LogP contribution in [0.1, 0.15) is 12.5 Å². The van der Waals surface area contributed by atoms with Gasteiger partial charge in [-0.25, -0.2) is 0 Å². The quantitative estimate of drug-likeness (QED) is 0.157. The second-order valence-corrected chi connectivity index (χ2v) is 6.83. The van der Waals surface area contributed by atoms with E-state index in [2.05, 4.69) is 40.4 Å². The van der Waals surface area contributed by atoms with Crippen LogP contribution in [0.4, 0.5) is 0 Å². The minimum atomic E-state index is -0.550. The van der Waals surface area contributed by atoms with Crippen molar-refractivity contribution >= 4 is 57.8 Å². The standard InChI is InChI=1S/C19H17IN2O4S/c1-4-7-22-18(24)13(17(23)21-19(22)27)9-12-10-14(20)16(26-8-5-2)15(11-12)25-6-3/h2,4,9-11H,1,6-8H2,3H3,(H,21,23,27). The van der Waals surface area contributed by atoms with Gasteiger partial charge < -0.3 is 9.47 Å². The maximum Gasteiger partial charge on any atom is 0.265 e. The van der Waals surface area contributed by atoms with E-state index in [1.165, 1.54) is 17.1 Å². The second kappa shape index (κ2) is 9.53. The first-order valence-electron chi connectivity index (χ1n) is 7.95. The summed E-state index contributed by atoms with van der Waals surface area (Å²) in [6.45, 7) is 6.17. The van der Waals surface area contributed by atoms with Crippen molar-refractivity contribution in [1.82, 2.24) is 10.2 Å². The number of thiocarbonyl (C=S) groups is 1. The predicted molar refractivity (Wildman–Crippen MR) is 115 cm³/mol. The molecule has 1 N–H and O–H groups in total. The molecule has 0 aliphatic carbocycles. The van der Waals surface area contributed by atoms with Crippen LogP contribution in [0.15, 0.2) is 30.4 Å². The summed E-state index contributed by atoms with van der Waals surface area (Å²) in [7, 11) is 0. The van der Waals surface area contributed by atoms with Gasteiger partial charge in [-0.15, -0.1) is 13.0 Å². The maximum atomic E-state index is 12.6. The third-order valence-electron chi connectivity index (χ3n) is 3.44. The van der Waals surface area contributed by atoms with Crippen molar-refractivity contribution in [3.63, 3.8) is 0 Å². The summed E-state index contributed by atoms with van der Waals surface area (Å²) in [5.74, 6) is 2.38. The fourth-order valence-corrected chi connectivity index (χ4v) is 3.37. The summed E-state index contributed by atoms with van der Waals surface area (Å²) < 4.78 is 11.9. The maximum absolute atomic E-state index is 12.6. The van der Waals surface area contributed by atoms with Gasteiger partial charge in [0.2, 0.25) is 0 Å². The molecule has 140 valence electrons. The first-order chi connectivity index (χ1) is 12.9. The number of hydrogen-bond acceptors (Lipinski definition) is 5. The Kier molecular flexibility index (Phi) is 7.38. The molecule has 2 amide bonds. The van der Waals surface area contributed by atoms with Crippen molar-refractivity contribution in [3.05, 3.63) is 39.5 Å². The van der Waals surface area contributed by atoms with E-state index in [0.717, 1.165) is 3.57 Å². The van der Waals surface area contributed by atoms with Gasteiger partial charge >= 0.3 is 0 Å². The Labute approximate surface area is 176 Å².